The van der Waals surface area contributed by atoms with E-state index in [4.69, 9.17) is 0 Å². The minimum atomic E-state index is -0.0631. The van der Waals surface area contributed by atoms with E-state index in [1.807, 2.05) is 38.1 Å². The summed E-state index contributed by atoms with van der Waals surface area (Å²) in [7, 11) is 0. The molecule has 3 rings (SSSR count). The maximum atomic E-state index is 12.7. The van der Waals surface area contributed by atoms with Crippen molar-refractivity contribution in [3.8, 4) is 0 Å². The monoisotopic (exact) mass is 316 g/mol. The summed E-state index contributed by atoms with van der Waals surface area (Å²) >= 11 is 1.46. The van der Waals surface area contributed by atoms with Crippen LogP contribution in [0.5, 0.6) is 0 Å². The van der Waals surface area contributed by atoms with Gasteiger partial charge in [0.25, 0.3) is 5.56 Å². The van der Waals surface area contributed by atoms with Crippen molar-refractivity contribution in [3.63, 3.8) is 0 Å². The van der Waals surface area contributed by atoms with Crippen LogP contribution < -0.4 is 5.56 Å². The lowest BCUT2D eigenvalue weighted by atomic mass is 9.99. The van der Waals surface area contributed by atoms with Gasteiger partial charge in [-0.25, -0.2) is 4.98 Å². The highest BCUT2D eigenvalue weighted by Crippen LogP contribution is 2.31. The number of hydrogen-bond donors (Lipinski definition) is 0. The fourth-order valence-corrected chi connectivity index (χ4v) is 4.21. The van der Waals surface area contributed by atoms with Gasteiger partial charge >= 0.3 is 0 Å². The van der Waals surface area contributed by atoms with Crippen LogP contribution in [0, 0.1) is 0 Å². The second-order valence-electron chi connectivity index (χ2n) is 6.00. The van der Waals surface area contributed by atoms with E-state index in [1.165, 1.54) is 11.8 Å². The summed E-state index contributed by atoms with van der Waals surface area (Å²) in [4.78, 5) is 29.5. The van der Waals surface area contributed by atoms with Crippen molar-refractivity contribution in [2.24, 2.45) is 0 Å². The third-order valence-electron chi connectivity index (χ3n) is 4.04. The zero-order valence-electron chi connectivity index (χ0n) is 12.9. The van der Waals surface area contributed by atoms with Crippen LogP contribution in [-0.2, 0) is 4.79 Å². The van der Waals surface area contributed by atoms with Gasteiger partial charge in [0.1, 0.15) is 5.78 Å². The molecule has 1 saturated carbocycles. The van der Waals surface area contributed by atoms with Gasteiger partial charge in [0, 0.05) is 12.5 Å². The number of carbonyl (C=O) groups is 1. The quantitative estimate of drug-likeness (QED) is 0.812. The Labute approximate surface area is 133 Å². The first-order valence-corrected chi connectivity index (χ1v) is 8.66. The van der Waals surface area contributed by atoms with Crippen molar-refractivity contribution in [1.82, 2.24) is 9.55 Å². The normalized spacial score (nSPS) is 19.0. The molecule has 1 aliphatic rings. The molecule has 0 N–H and O–H groups in total. The summed E-state index contributed by atoms with van der Waals surface area (Å²) < 4.78 is 1.72. The minimum Gasteiger partial charge on any atom is -0.298 e. The Morgan fingerprint density at radius 3 is 2.73 bits per heavy atom. The van der Waals surface area contributed by atoms with Crippen LogP contribution in [0.15, 0.2) is 34.2 Å². The van der Waals surface area contributed by atoms with Crippen LogP contribution in [0.25, 0.3) is 10.9 Å². The molecule has 4 nitrogen and oxygen atoms in total. The van der Waals surface area contributed by atoms with Gasteiger partial charge < -0.3 is 0 Å². The highest BCUT2D eigenvalue weighted by atomic mass is 32.2. The third kappa shape index (κ3) is 2.82. The fraction of sp³-hybridized carbons (Fsp3) is 0.471. The fourth-order valence-electron chi connectivity index (χ4n) is 2.87. The Kier molecular flexibility index (Phi) is 4.34. The van der Waals surface area contributed by atoms with E-state index in [-0.39, 0.29) is 22.6 Å². The molecule has 116 valence electrons. The molecule has 22 heavy (non-hydrogen) atoms. The molecule has 1 aliphatic carbocycles. The third-order valence-corrected chi connectivity index (χ3v) is 5.32. The van der Waals surface area contributed by atoms with Crippen LogP contribution >= 0.6 is 11.8 Å². The standard InChI is InChI=1S/C17H20N2O2S/c1-11(2)19-16(21)12-7-3-4-8-13(12)18-17(19)22-15-10-6-5-9-14(15)20/h3-4,7-8,11,15H,5-6,9-10H2,1-2H3. The number of benzene rings is 1. The van der Waals surface area contributed by atoms with Crippen molar-refractivity contribution in [3.05, 3.63) is 34.6 Å². The molecular weight excluding hydrogens is 296 g/mol. The van der Waals surface area contributed by atoms with Crippen LogP contribution in [0.4, 0.5) is 0 Å². The largest absolute Gasteiger partial charge is 0.298 e. The summed E-state index contributed by atoms with van der Waals surface area (Å²) in [5.41, 5.74) is 0.682. The number of nitrogens with zero attached hydrogens (tertiary/aromatic N) is 2. The summed E-state index contributed by atoms with van der Waals surface area (Å²) in [6, 6.07) is 7.42. The second-order valence-corrected chi connectivity index (χ2v) is 7.17. The summed E-state index contributed by atoms with van der Waals surface area (Å²) in [5.74, 6) is 0.286. The van der Waals surface area contributed by atoms with E-state index in [9.17, 15) is 9.59 Å². The first kappa shape index (κ1) is 15.3. The molecule has 1 atom stereocenters. The van der Waals surface area contributed by atoms with Crippen LogP contribution in [0.1, 0.15) is 45.6 Å². The molecular formula is C17H20N2O2S. The van der Waals surface area contributed by atoms with Crippen molar-refractivity contribution in [2.45, 2.75) is 56.0 Å². The number of carbonyl (C=O) groups excluding carboxylic acids is 1. The number of aromatic nitrogens is 2. The molecule has 1 aromatic heterocycles. The SMILES string of the molecule is CC(C)n1c(SC2CCCCC2=O)nc2ccccc2c1=O. The van der Waals surface area contributed by atoms with Gasteiger partial charge in [-0.3, -0.25) is 14.2 Å². The lowest BCUT2D eigenvalue weighted by Crippen LogP contribution is -2.28. The number of para-hydroxylation sites is 1. The van der Waals surface area contributed by atoms with Crippen LogP contribution in [0.3, 0.4) is 0 Å². The molecule has 0 aliphatic heterocycles. The average Bonchev–Trinajstić information content (AvgIpc) is 2.49. The zero-order valence-corrected chi connectivity index (χ0v) is 13.7. The first-order valence-electron chi connectivity index (χ1n) is 7.78. The Hall–Kier alpha value is -1.62. The molecule has 0 spiro atoms. The van der Waals surface area contributed by atoms with Crippen molar-refractivity contribution < 1.29 is 4.79 Å². The van der Waals surface area contributed by atoms with E-state index in [1.54, 1.807) is 4.57 Å². The average molecular weight is 316 g/mol. The molecule has 1 unspecified atom stereocenters. The van der Waals surface area contributed by atoms with E-state index >= 15 is 0 Å². The number of fused-ring (bicyclic) bond motifs is 1. The van der Waals surface area contributed by atoms with Crippen LogP contribution in [0.2, 0.25) is 0 Å². The van der Waals surface area contributed by atoms with Gasteiger partial charge in [-0.05, 0) is 38.8 Å². The van der Waals surface area contributed by atoms with E-state index in [0.29, 0.717) is 22.5 Å². The lowest BCUT2D eigenvalue weighted by molar-refractivity contribution is -0.119. The van der Waals surface area contributed by atoms with Crippen molar-refractivity contribution >= 4 is 28.4 Å². The number of ketones is 1. The van der Waals surface area contributed by atoms with E-state index in [0.717, 1.165) is 19.3 Å². The summed E-state index contributed by atoms with van der Waals surface area (Å²) in [6.45, 7) is 3.95. The molecule has 0 saturated heterocycles. The highest BCUT2D eigenvalue weighted by Gasteiger charge is 2.26. The molecule has 1 fully saturated rings. The molecule has 1 aromatic carbocycles. The zero-order chi connectivity index (χ0) is 15.7. The number of Topliss-reactive ketones (excluding diaryl/α,β-unsaturated/α-hetero) is 1. The van der Waals surface area contributed by atoms with Crippen molar-refractivity contribution in [1.29, 1.82) is 0 Å². The first-order chi connectivity index (χ1) is 10.6. The smallest absolute Gasteiger partial charge is 0.262 e. The van der Waals surface area contributed by atoms with Gasteiger partial charge in [-0.1, -0.05) is 30.3 Å². The number of thioether (sulfide) groups is 1. The maximum absolute atomic E-state index is 12.7. The Morgan fingerprint density at radius 2 is 2.00 bits per heavy atom. The number of hydrogen-bond acceptors (Lipinski definition) is 4. The van der Waals surface area contributed by atoms with Gasteiger partial charge in [-0.15, -0.1) is 0 Å². The summed E-state index contributed by atoms with van der Waals surface area (Å²) in [6.07, 6.45) is 3.59. The second kappa shape index (κ2) is 6.24. The predicted molar refractivity (Wildman–Crippen MR) is 89.5 cm³/mol. The van der Waals surface area contributed by atoms with Gasteiger partial charge in [0.2, 0.25) is 0 Å². The Balaban J connectivity index is 2.09. The number of rotatable bonds is 3. The molecule has 2 aromatic rings. The highest BCUT2D eigenvalue weighted by molar-refractivity contribution is 8.00. The molecule has 5 heteroatoms. The lowest BCUT2D eigenvalue weighted by Gasteiger charge is -2.22. The maximum Gasteiger partial charge on any atom is 0.262 e. The molecule has 0 amide bonds. The minimum absolute atomic E-state index is 0.0193. The molecule has 0 bridgehead atoms. The van der Waals surface area contributed by atoms with E-state index in [2.05, 4.69) is 4.98 Å². The van der Waals surface area contributed by atoms with Crippen molar-refractivity contribution in [2.75, 3.05) is 0 Å². The summed E-state index contributed by atoms with van der Waals surface area (Å²) in [5, 5.41) is 1.24. The Morgan fingerprint density at radius 1 is 1.23 bits per heavy atom. The topological polar surface area (TPSA) is 52.0 Å². The van der Waals surface area contributed by atoms with Gasteiger partial charge in [-0.2, -0.15) is 0 Å². The predicted octanol–water partition coefficient (Wildman–Crippen LogP) is 3.58. The molecule has 1 heterocycles. The Bertz CT molecular complexity index is 767. The van der Waals surface area contributed by atoms with Gasteiger partial charge in [0.05, 0.1) is 16.2 Å². The van der Waals surface area contributed by atoms with Gasteiger partial charge in [0.15, 0.2) is 5.16 Å². The van der Waals surface area contributed by atoms with Crippen LogP contribution in [-0.4, -0.2) is 20.6 Å². The molecule has 0 radical (unpaired) electrons. The van der Waals surface area contributed by atoms with E-state index < -0.39 is 0 Å².